The Morgan fingerprint density at radius 1 is 1.36 bits per heavy atom. The smallest absolute Gasteiger partial charge is 0.233 e. The molecule has 1 aromatic heterocycles. The zero-order valence-corrected chi connectivity index (χ0v) is 16.2. The second kappa shape index (κ2) is 10.2. The Morgan fingerprint density at radius 3 is 2.80 bits per heavy atom. The van der Waals surface area contributed by atoms with Crippen LogP contribution in [0.1, 0.15) is 38.3 Å². The van der Waals surface area contributed by atoms with Gasteiger partial charge in [-0.25, -0.2) is 0 Å². The number of carbonyl (C=O) groups excluding carboxylic acids is 1. The highest BCUT2D eigenvalue weighted by Crippen LogP contribution is 2.29. The van der Waals surface area contributed by atoms with E-state index in [9.17, 15) is 4.79 Å². The lowest BCUT2D eigenvalue weighted by molar-refractivity contribution is -0.121. The third-order valence-corrected chi connectivity index (χ3v) is 5.61. The van der Waals surface area contributed by atoms with Crippen molar-refractivity contribution in [1.29, 1.82) is 0 Å². The van der Waals surface area contributed by atoms with Crippen LogP contribution in [0.15, 0.2) is 47.3 Å². The molecular formula is C18H24N4OS2. The molecule has 0 aliphatic heterocycles. The quantitative estimate of drug-likeness (QED) is 0.479. The summed E-state index contributed by atoms with van der Waals surface area (Å²) >= 11 is 2.87. The molecule has 0 radical (unpaired) electrons. The largest absolute Gasteiger partial charge is 0.357 e. The van der Waals surface area contributed by atoms with Gasteiger partial charge in [0.15, 0.2) is 4.34 Å². The molecule has 0 spiro atoms. The first-order chi connectivity index (χ1) is 12.1. The highest BCUT2D eigenvalue weighted by atomic mass is 32.2. The number of thioether (sulfide) groups is 1. The number of nitrogens with one attached hydrogen (secondary N) is 2. The molecule has 0 bridgehead atoms. The Morgan fingerprint density at radius 2 is 2.12 bits per heavy atom. The number of hydrogen-bond acceptors (Lipinski definition) is 6. The molecule has 0 unspecified atom stereocenters. The summed E-state index contributed by atoms with van der Waals surface area (Å²) in [4.78, 5) is 12.6. The predicted molar refractivity (Wildman–Crippen MR) is 106 cm³/mol. The van der Waals surface area contributed by atoms with Gasteiger partial charge in [0, 0.05) is 6.54 Å². The number of anilines is 1. The van der Waals surface area contributed by atoms with Crippen LogP contribution in [0.25, 0.3) is 0 Å². The summed E-state index contributed by atoms with van der Waals surface area (Å²) in [6, 6.07) is 10.1. The molecule has 134 valence electrons. The highest BCUT2D eigenvalue weighted by molar-refractivity contribution is 8.02. The predicted octanol–water partition coefficient (Wildman–Crippen LogP) is 4.27. The van der Waals surface area contributed by atoms with Gasteiger partial charge in [-0.2, -0.15) is 0 Å². The van der Waals surface area contributed by atoms with Crippen LogP contribution in [0.3, 0.4) is 0 Å². The van der Waals surface area contributed by atoms with Gasteiger partial charge in [0.05, 0.1) is 11.3 Å². The van der Waals surface area contributed by atoms with Crippen molar-refractivity contribution in [2.75, 3.05) is 11.9 Å². The van der Waals surface area contributed by atoms with Crippen LogP contribution in [-0.2, 0) is 4.79 Å². The van der Waals surface area contributed by atoms with Crippen molar-refractivity contribution >= 4 is 34.1 Å². The van der Waals surface area contributed by atoms with Gasteiger partial charge in [-0.15, -0.1) is 16.8 Å². The van der Waals surface area contributed by atoms with Crippen molar-refractivity contribution in [3.05, 3.63) is 48.6 Å². The first-order valence-corrected chi connectivity index (χ1v) is 10.0. The zero-order valence-electron chi connectivity index (χ0n) is 14.6. The molecule has 2 atom stereocenters. The molecule has 0 aliphatic carbocycles. The number of amides is 1. The van der Waals surface area contributed by atoms with Crippen molar-refractivity contribution < 1.29 is 4.79 Å². The monoisotopic (exact) mass is 376 g/mol. The number of nitrogens with zero attached hydrogens (tertiary/aromatic N) is 2. The van der Waals surface area contributed by atoms with Crippen LogP contribution in [0.5, 0.6) is 0 Å². The van der Waals surface area contributed by atoms with E-state index in [-0.39, 0.29) is 17.2 Å². The summed E-state index contributed by atoms with van der Waals surface area (Å²) < 4.78 is 0.779. The molecule has 0 fully saturated rings. The number of rotatable bonds is 10. The standard InChI is InChI=1S/C18H24N4OS2/c1-4-9-15(14-10-7-6-8-11-14)20-16(23)13(3)24-18-22-21-17(25-18)19-12-5-2/h5-8,10-11,13,15H,2,4,9,12H2,1,3H3,(H,19,21)(H,20,23)/t13-,15-/m0/s1. The minimum atomic E-state index is -0.233. The number of carbonyl (C=O) groups is 1. The maximum absolute atomic E-state index is 12.6. The lowest BCUT2D eigenvalue weighted by Gasteiger charge is -2.20. The maximum Gasteiger partial charge on any atom is 0.233 e. The fourth-order valence-electron chi connectivity index (χ4n) is 2.28. The Kier molecular flexibility index (Phi) is 7.94. The fourth-order valence-corrected chi connectivity index (χ4v) is 4.19. The average Bonchev–Trinajstić information content (AvgIpc) is 3.07. The van der Waals surface area contributed by atoms with E-state index in [2.05, 4.69) is 46.5 Å². The Balaban J connectivity index is 1.93. The molecule has 7 heteroatoms. The molecule has 0 saturated carbocycles. The molecule has 1 amide bonds. The van der Waals surface area contributed by atoms with Crippen molar-refractivity contribution in [3.63, 3.8) is 0 Å². The van der Waals surface area contributed by atoms with Gasteiger partial charge < -0.3 is 10.6 Å². The summed E-state index contributed by atoms with van der Waals surface area (Å²) in [5, 5.41) is 15.0. The minimum absolute atomic E-state index is 0.0168. The topological polar surface area (TPSA) is 66.9 Å². The van der Waals surface area contributed by atoms with Crippen molar-refractivity contribution in [2.24, 2.45) is 0 Å². The average molecular weight is 377 g/mol. The molecule has 2 rings (SSSR count). The molecule has 2 N–H and O–H groups in total. The number of hydrogen-bond donors (Lipinski definition) is 2. The van der Waals surface area contributed by atoms with E-state index in [1.165, 1.54) is 23.1 Å². The van der Waals surface area contributed by atoms with Gasteiger partial charge in [-0.05, 0) is 18.9 Å². The molecular weight excluding hydrogens is 352 g/mol. The highest BCUT2D eigenvalue weighted by Gasteiger charge is 2.21. The second-order valence-corrected chi connectivity index (χ2v) is 8.13. The van der Waals surface area contributed by atoms with E-state index in [4.69, 9.17) is 0 Å². The lowest BCUT2D eigenvalue weighted by Crippen LogP contribution is -2.34. The Bertz CT molecular complexity index is 675. The van der Waals surface area contributed by atoms with Crippen LogP contribution in [0, 0.1) is 0 Å². The number of aromatic nitrogens is 2. The van der Waals surface area contributed by atoms with Crippen molar-refractivity contribution in [1.82, 2.24) is 15.5 Å². The third-order valence-electron chi connectivity index (χ3n) is 3.55. The second-order valence-electron chi connectivity index (χ2n) is 5.56. The molecule has 25 heavy (non-hydrogen) atoms. The van der Waals surface area contributed by atoms with E-state index >= 15 is 0 Å². The molecule has 2 aromatic rings. The number of benzene rings is 1. The van der Waals surface area contributed by atoms with E-state index in [1.807, 2.05) is 25.1 Å². The van der Waals surface area contributed by atoms with Crippen LogP contribution in [0.2, 0.25) is 0 Å². The van der Waals surface area contributed by atoms with Gasteiger partial charge in [0.1, 0.15) is 0 Å². The van der Waals surface area contributed by atoms with Crippen LogP contribution in [0.4, 0.5) is 5.13 Å². The lowest BCUT2D eigenvalue weighted by atomic mass is 10.0. The zero-order chi connectivity index (χ0) is 18.1. The SMILES string of the molecule is C=CCNc1nnc(S[C@@H](C)C(=O)N[C@@H](CCC)c2ccccc2)s1. The third kappa shape index (κ3) is 6.17. The molecule has 1 heterocycles. The molecule has 0 saturated heterocycles. The Hall–Kier alpha value is -1.86. The van der Waals surface area contributed by atoms with E-state index in [1.54, 1.807) is 6.08 Å². The van der Waals surface area contributed by atoms with Gasteiger partial charge >= 0.3 is 0 Å². The molecule has 1 aromatic carbocycles. The summed E-state index contributed by atoms with van der Waals surface area (Å²) in [6.07, 6.45) is 3.69. The minimum Gasteiger partial charge on any atom is -0.357 e. The van der Waals surface area contributed by atoms with Gasteiger partial charge in [0.2, 0.25) is 11.0 Å². The van der Waals surface area contributed by atoms with Crippen molar-refractivity contribution in [3.8, 4) is 0 Å². The van der Waals surface area contributed by atoms with Crippen LogP contribution < -0.4 is 10.6 Å². The molecule has 5 nitrogen and oxygen atoms in total. The summed E-state index contributed by atoms with van der Waals surface area (Å²) in [7, 11) is 0. The maximum atomic E-state index is 12.6. The first kappa shape index (κ1) is 19.5. The van der Waals surface area contributed by atoms with Crippen LogP contribution in [-0.4, -0.2) is 27.9 Å². The van der Waals surface area contributed by atoms with E-state index < -0.39 is 0 Å². The van der Waals surface area contributed by atoms with Gasteiger partial charge in [-0.3, -0.25) is 4.79 Å². The Labute approximate surface area is 157 Å². The normalized spacial score (nSPS) is 13.0. The van der Waals surface area contributed by atoms with Gasteiger partial charge in [0.25, 0.3) is 0 Å². The summed E-state index contributed by atoms with van der Waals surface area (Å²) in [5.41, 5.74) is 1.14. The molecule has 0 aliphatic rings. The van der Waals surface area contributed by atoms with Gasteiger partial charge in [-0.1, -0.05) is 72.9 Å². The van der Waals surface area contributed by atoms with Crippen LogP contribution >= 0.6 is 23.1 Å². The summed E-state index contributed by atoms with van der Waals surface area (Å²) in [6.45, 7) is 8.32. The first-order valence-electron chi connectivity index (χ1n) is 8.34. The van der Waals surface area contributed by atoms with Crippen molar-refractivity contribution in [2.45, 2.75) is 42.3 Å². The van der Waals surface area contributed by atoms with E-state index in [0.717, 1.165) is 27.9 Å². The van der Waals surface area contributed by atoms with E-state index in [0.29, 0.717) is 6.54 Å². The summed E-state index contributed by atoms with van der Waals surface area (Å²) in [5.74, 6) is 0.0168. The fraction of sp³-hybridized carbons (Fsp3) is 0.389.